The second-order valence-electron chi connectivity index (χ2n) is 4.86. The van der Waals surface area contributed by atoms with E-state index in [-0.39, 0.29) is 5.75 Å². The zero-order chi connectivity index (χ0) is 18.4. The van der Waals surface area contributed by atoms with Crippen LogP contribution in [0.1, 0.15) is 5.56 Å². The van der Waals surface area contributed by atoms with Crippen molar-refractivity contribution in [3.8, 4) is 5.75 Å². The number of hydrogen-bond donors (Lipinski definition) is 2. The van der Waals surface area contributed by atoms with Gasteiger partial charge in [0.25, 0.3) is 0 Å². The van der Waals surface area contributed by atoms with E-state index in [0.29, 0.717) is 22.1 Å². The molecular weight excluding hydrogens is 355 g/mol. The van der Waals surface area contributed by atoms with Gasteiger partial charge in [0.1, 0.15) is 5.75 Å². The molecule has 0 aliphatic rings. The van der Waals surface area contributed by atoms with Crippen molar-refractivity contribution < 1.29 is 17.9 Å². The lowest BCUT2D eigenvalue weighted by molar-refractivity contribution is -0.274. The van der Waals surface area contributed by atoms with E-state index in [1.165, 1.54) is 30.5 Å². The Hall–Kier alpha value is -2.67. The summed E-state index contributed by atoms with van der Waals surface area (Å²) >= 11 is 6.03. The number of nitrogens with two attached hydrogens (primary N) is 1. The molecule has 0 radical (unpaired) electrons. The van der Waals surface area contributed by atoms with Gasteiger partial charge in [-0.05, 0) is 36.4 Å². The molecule has 0 aliphatic heterocycles. The third-order valence-electron chi connectivity index (χ3n) is 3.11. The number of ether oxygens (including phenoxy) is 1. The highest BCUT2D eigenvalue weighted by Crippen LogP contribution is 2.26. The lowest BCUT2D eigenvalue weighted by Gasteiger charge is -2.11. The van der Waals surface area contributed by atoms with Crippen molar-refractivity contribution in [1.29, 1.82) is 0 Å². The Morgan fingerprint density at radius 3 is 2.40 bits per heavy atom. The third-order valence-corrected chi connectivity index (χ3v) is 3.41. The summed E-state index contributed by atoms with van der Waals surface area (Å²) in [7, 11) is 1.60. The van der Waals surface area contributed by atoms with E-state index < -0.39 is 6.36 Å². The number of hydrogen-bond acceptors (Lipinski definition) is 4. The van der Waals surface area contributed by atoms with Crippen LogP contribution in [0.4, 0.5) is 24.5 Å². The van der Waals surface area contributed by atoms with E-state index in [1.54, 1.807) is 25.2 Å². The van der Waals surface area contributed by atoms with Crippen molar-refractivity contribution >= 4 is 28.7 Å². The molecule has 4 nitrogen and oxygen atoms in total. The van der Waals surface area contributed by atoms with Crippen LogP contribution in [-0.4, -0.2) is 19.1 Å². The number of nitrogens with one attached hydrogen (secondary N) is 1. The summed E-state index contributed by atoms with van der Waals surface area (Å²) in [5.41, 5.74) is 8.01. The molecule has 0 fully saturated rings. The summed E-state index contributed by atoms with van der Waals surface area (Å²) in [6.07, 6.45) is -3.46. The molecule has 0 atom stereocenters. The zero-order valence-corrected chi connectivity index (χ0v) is 13.9. The Morgan fingerprint density at radius 1 is 1.16 bits per heavy atom. The Bertz CT molecular complexity index is 786. The highest BCUT2D eigenvalue weighted by molar-refractivity contribution is 6.46. The van der Waals surface area contributed by atoms with Gasteiger partial charge in [-0.15, -0.1) is 13.2 Å². The van der Waals surface area contributed by atoms with Crippen LogP contribution in [0.5, 0.6) is 5.75 Å². The highest BCUT2D eigenvalue weighted by atomic mass is 35.5. The third kappa shape index (κ3) is 5.42. The zero-order valence-electron chi connectivity index (χ0n) is 13.1. The molecule has 0 heterocycles. The molecule has 8 heteroatoms. The topological polar surface area (TPSA) is 59.6 Å². The summed E-state index contributed by atoms with van der Waals surface area (Å²) in [4.78, 5) is 4.11. The molecule has 25 heavy (non-hydrogen) atoms. The van der Waals surface area contributed by atoms with Crippen LogP contribution in [0.2, 0.25) is 0 Å². The maximum absolute atomic E-state index is 12.2. The number of aliphatic imine (C=N–C) groups is 1. The van der Waals surface area contributed by atoms with E-state index in [4.69, 9.17) is 17.3 Å². The quantitative estimate of drug-likeness (QED) is 0.745. The summed E-state index contributed by atoms with van der Waals surface area (Å²) in [6, 6.07) is 12.6. The maximum atomic E-state index is 12.2. The summed E-state index contributed by atoms with van der Waals surface area (Å²) < 4.78 is 40.3. The van der Waals surface area contributed by atoms with Gasteiger partial charge >= 0.3 is 6.36 Å². The normalized spacial score (nSPS) is 12.8. The Balaban J connectivity index is 2.17. The average molecular weight is 370 g/mol. The fourth-order valence-corrected chi connectivity index (χ4v) is 2.30. The number of rotatable bonds is 5. The van der Waals surface area contributed by atoms with Gasteiger partial charge < -0.3 is 15.8 Å². The Morgan fingerprint density at radius 2 is 1.84 bits per heavy atom. The predicted molar refractivity (Wildman–Crippen MR) is 93.4 cm³/mol. The smallest absolute Gasteiger partial charge is 0.406 e. The van der Waals surface area contributed by atoms with Gasteiger partial charge in [0, 0.05) is 30.2 Å². The van der Waals surface area contributed by atoms with Gasteiger partial charge in [0.05, 0.1) is 10.7 Å². The SMILES string of the molecule is CN=C(C(Cl)=CN)c1cccc(Nc2ccc(OC(F)(F)F)cc2)c1. The standard InChI is InChI=1S/C17H15ClF3N3O/c1-23-16(15(18)10-22)11-3-2-4-13(9-11)24-12-5-7-14(8-6-12)25-17(19,20)21/h2-10,24H,22H2,1H3. The van der Waals surface area contributed by atoms with Crippen molar-refractivity contribution in [2.75, 3.05) is 12.4 Å². The van der Waals surface area contributed by atoms with Crippen molar-refractivity contribution in [3.05, 3.63) is 65.3 Å². The van der Waals surface area contributed by atoms with E-state index in [0.717, 1.165) is 5.56 Å². The minimum absolute atomic E-state index is 0.285. The molecule has 0 saturated carbocycles. The summed E-state index contributed by atoms with van der Waals surface area (Å²) in [6.45, 7) is 0. The molecular formula is C17H15ClF3N3O. The lowest BCUT2D eigenvalue weighted by Crippen LogP contribution is -2.16. The van der Waals surface area contributed by atoms with Crippen LogP contribution in [0, 0.1) is 0 Å². The van der Waals surface area contributed by atoms with Crippen LogP contribution in [-0.2, 0) is 0 Å². The lowest BCUT2D eigenvalue weighted by atomic mass is 10.1. The first-order chi connectivity index (χ1) is 11.8. The van der Waals surface area contributed by atoms with Gasteiger partial charge in [-0.3, -0.25) is 4.99 Å². The highest BCUT2D eigenvalue weighted by Gasteiger charge is 2.30. The molecule has 0 saturated heterocycles. The Labute approximate surface area is 147 Å². The summed E-state index contributed by atoms with van der Waals surface area (Å²) in [5.74, 6) is -0.285. The van der Waals surface area contributed by atoms with Crippen LogP contribution in [0.3, 0.4) is 0 Å². The molecule has 0 spiro atoms. The van der Waals surface area contributed by atoms with Crippen molar-refractivity contribution in [1.82, 2.24) is 0 Å². The van der Waals surface area contributed by atoms with E-state index in [9.17, 15) is 13.2 Å². The van der Waals surface area contributed by atoms with Crippen LogP contribution >= 0.6 is 11.6 Å². The number of allylic oxidation sites excluding steroid dienone is 1. The first-order valence-corrected chi connectivity index (χ1v) is 7.48. The molecule has 2 rings (SSSR count). The average Bonchev–Trinajstić information content (AvgIpc) is 2.56. The van der Waals surface area contributed by atoms with Crippen molar-refractivity contribution in [2.45, 2.75) is 6.36 Å². The minimum atomic E-state index is -4.71. The first kappa shape index (κ1) is 18.7. The number of nitrogens with zero attached hydrogens (tertiary/aromatic N) is 1. The second-order valence-corrected chi connectivity index (χ2v) is 5.27. The molecule has 0 amide bonds. The van der Waals surface area contributed by atoms with Gasteiger partial charge in [-0.25, -0.2) is 0 Å². The fraction of sp³-hybridized carbons (Fsp3) is 0.118. The molecule has 0 aliphatic carbocycles. The van der Waals surface area contributed by atoms with E-state index in [1.807, 2.05) is 6.07 Å². The monoisotopic (exact) mass is 369 g/mol. The number of alkyl halides is 3. The number of benzene rings is 2. The van der Waals surface area contributed by atoms with Crippen molar-refractivity contribution in [2.24, 2.45) is 10.7 Å². The van der Waals surface area contributed by atoms with E-state index in [2.05, 4.69) is 15.0 Å². The molecule has 0 bridgehead atoms. The van der Waals surface area contributed by atoms with E-state index >= 15 is 0 Å². The first-order valence-electron chi connectivity index (χ1n) is 7.10. The fourth-order valence-electron chi connectivity index (χ4n) is 2.10. The van der Waals surface area contributed by atoms with Crippen molar-refractivity contribution in [3.63, 3.8) is 0 Å². The van der Waals surface area contributed by atoms with Crippen LogP contribution in [0.15, 0.2) is 64.8 Å². The van der Waals surface area contributed by atoms with Gasteiger partial charge in [-0.2, -0.15) is 0 Å². The molecule has 3 N–H and O–H groups in total. The number of halogens is 4. The largest absolute Gasteiger partial charge is 0.573 e. The predicted octanol–water partition coefficient (Wildman–Crippen LogP) is 4.79. The molecule has 132 valence electrons. The summed E-state index contributed by atoms with van der Waals surface area (Å²) in [5, 5.41) is 3.40. The molecule has 2 aromatic carbocycles. The van der Waals surface area contributed by atoms with Crippen LogP contribution in [0.25, 0.3) is 0 Å². The maximum Gasteiger partial charge on any atom is 0.573 e. The number of anilines is 2. The second kappa shape index (κ2) is 7.94. The van der Waals surface area contributed by atoms with Crippen LogP contribution < -0.4 is 15.8 Å². The van der Waals surface area contributed by atoms with Gasteiger partial charge in [0.2, 0.25) is 0 Å². The minimum Gasteiger partial charge on any atom is -0.406 e. The molecule has 0 unspecified atom stereocenters. The molecule has 2 aromatic rings. The van der Waals surface area contributed by atoms with Gasteiger partial charge in [0.15, 0.2) is 0 Å². The van der Waals surface area contributed by atoms with Gasteiger partial charge in [-0.1, -0.05) is 23.7 Å². The molecule has 0 aromatic heterocycles. The Kier molecular flexibility index (Phi) is 5.93.